The average Bonchev–Trinajstić information content (AvgIpc) is 2.18. The van der Waals surface area contributed by atoms with Gasteiger partial charge in [-0.15, -0.1) is 6.58 Å². The molecule has 1 aromatic rings. The minimum absolute atomic E-state index is 0.305. The average molecular weight is 205 g/mol. The van der Waals surface area contributed by atoms with E-state index in [0.717, 1.165) is 12.0 Å². The van der Waals surface area contributed by atoms with Crippen molar-refractivity contribution in [2.24, 2.45) is 5.73 Å². The van der Waals surface area contributed by atoms with Crippen LogP contribution in [0, 0.1) is 0 Å². The summed E-state index contributed by atoms with van der Waals surface area (Å²) in [6.07, 6.45) is 1.63. The molecule has 0 aliphatic heterocycles. The zero-order chi connectivity index (χ0) is 11.3. The second-order valence-corrected chi connectivity index (χ2v) is 3.31. The van der Waals surface area contributed by atoms with Crippen LogP contribution in [0.25, 0.3) is 0 Å². The summed E-state index contributed by atoms with van der Waals surface area (Å²) in [5, 5.41) is 0. The van der Waals surface area contributed by atoms with E-state index in [9.17, 15) is 4.79 Å². The highest BCUT2D eigenvalue weighted by molar-refractivity contribution is 5.65. The minimum Gasteiger partial charge on any atom is -0.442 e. The highest BCUT2D eigenvalue weighted by Gasteiger charge is 2.08. The second kappa shape index (κ2) is 5.20. The maximum absolute atomic E-state index is 10.5. The lowest BCUT2D eigenvalue weighted by Crippen LogP contribution is -2.15. The molecule has 0 aliphatic rings. The van der Waals surface area contributed by atoms with E-state index in [1.807, 2.05) is 30.3 Å². The molecule has 3 heteroatoms. The molecule has 0 fully saturated rings. The van der Waals surface area contributed by atoms with E-state index in [0.29, 0.717) is 0 Å². The Kier molecular flexibility index (Phi) is 3.92. The van der Waals surface area contributed by atoms with Gasteiger partial charge in [0.2, 0.25) is 0 Å². The van der Waals surface area contributed by atoms with Crippen molar-refractivity contribution < 1.29 is 9.53 Å². The molecule has 0 radical (unpaired) electrons. The number of carbonyl (C=O) groups is 1. The molecule has 1 atom stereocenters. The summed E-state index contributed by atoms with van der Waals surface area (Å²) in [6.45, 7) is 5.45. The Bertz CT molecular complexity index is 343. The number of hydrogen-bond acceptors (Lipinski definition) is 2. The van der Waals surface area contributed by atoms with Crippen LogP contribution in [-0.4, -0.2) is 6.09 Å². The number of amides is 1. The fourth-order valence-corrected chi connectivity index (χ4v) is 1.33. The molecule has 1 rings (SSSR count). The molecule has 0 bridgehead atoms. The van der Waals surface area contributed by atoms with E-state index < -0.39 is 6.09 Å². The summed E-state index contributed by atoms with van der Waals surface area (Å²) >= 11 is 0. The Morgan fingerprint density at radius 1 is 1.53 bits per heavy atom. The maximum Gasteiger partial charge on any atom is 0.405 e. The van der Waals surface area contributed by atoms with Crippen LogP contribution in [-0.2, 0) is 11.2 Å². The molecule has 1 amide bonds. The molecule has 0 aliphatic carbocycles. The summed E-state index contributed by atoms with van der Waals surface area (Å²) in [6, 6.07) is 7.81. The first-order valence-corrected chi connectivity index (χ1v) is 4.79. The van der Waals surface area contributed by atoms with E-state index in [1.165, 1.54) is 5.56 Å². The first kappa shape index (κ1) is 11.3. The van der Waals surface area contributed by atoms with Crippen LogP contribution >= 0.6 is 0 Å². The van der Waals surface area contributed by atoms with Crippen LogP contribution in [0.5, 0.6) is 0 Å². The lowest BCUT2D eigenvalue weighted by molar-refractivity contribution is 0.116. The molecular formula is C12H15NO2. The van der Waals surface area contributed by atoms with Crippen LogP contribution in [0.2, 0.25) is 0 Å². The molecule has 0 saturated carbocycles. The van der Waals surface area contributed by atoms with Crippen LogP contribution < -0.4 is 5.73 Å². The highest BCUT2D eigenvalue weighted by Crippen LogP contribution is 2.17. The van der Waals surface area contributed by atoms with Crippen molar-refractivity contribution in [1.82, 2.24) is 0 Å². The number of hydrogen-bond donors (Lipinski definition) is 1. The molecule has 0 aromatic heterocycles. The number of primary amides is 1. The molecule has 0 saturated heterocycles. The van der Waals surface area contributed by atoms with Crippen LogP contribution in [0.4, 0.5) is 4.79 Å². The minimum atomic E-state index is -0.752. The van der Waals surface area contributed by atoms with Gasteiger partial charge in [0.1, 0.15) is 6.10 Å². The van der Waals surface area contributed by atoms with Crippen molar-refractivity contribution >= 4 is 6.09 Å². The van der Waals surface area contributed by atoms with Crippen LogP contribution in [0.3, 0.4) is 0 Å². The standard InChI is InChI=1S/C12H15NO2/c1-3-4-10-5-7-11(8-6-10)9(2)15-12(13)14/h3,5-9H,1,4H2,2H3,(H2,13,14)/t9-/m0/s1. The van der Waals surface area contributed by atoms with Crippen LogP contribution in [0.1, 0.15) is 24.2 Å². The van der Waals surface area contributed by atoms with Gasteiger partial charge in [0.15, 0.2) is 0 Å². The Labute approximate surface area is 89.5 Å². The molecule has 1 aromatic carbocycles. The van der Waals surface area contributed by atoms with Gasteiger partial charge in [-0.1, -0.05) is 30.3 Å². The Morgan fingerprint density at radius 3 is 2.60 bits per heavy atom. The first-order valence-electron chi connectivity index (χ1n) is 4.79. The highest BCUT2D eigenvalue weighted by atomic mass is 16.6. The van der Waals surface area contributed by atoms with E-state index in [1.54, 1.807) is 6.92 Å². The van der Waals surface area contributed by atoms with Gasteiger partial charge in [-0.25, -0.2) is 4.79 Å². The van der Waals surface area contributed by atoms with E-state index in [-0.39, 0.29) is 6.10 Å². The van der Waals surface area contributed by atoms with E-state index in [2.05, 4.69) is 6.58 Å². The third-order valence-electron chi connectivity index (χ3n) is 2.12. The van der Waals surface area contributed by atoms with E-state index in [4.69, 9.17) is 10.5 Å². The summed E-state index contributed by atoms with van der Waals surface area (Å²) in [5.41, 5.74) is 7.05. The molecule has 15 heavy (non-hydrogen) atoms. The lowest BCUT2D eigenvalue weighted by Gasteiger charge is -2.11. The predicted octanol–water partition coefficient (Wildman–Crippen LogP) is 2.57. The van der Waals surface area contributed by atoms with Gasteiger partial charge in [0, 0.05) is 0 Å². The second-order valence-electron chi connectivity index (χ2n) is 3.31. The number of ether oxygens (including phenoxy) is 1. The molecule has 0 unspecified atom stereocenters. The molecule has 2 N–H and O–H groups in total. The fourth-order valence-electron chi connectivity index (χ4n) is 1.33. The van der Waals surface area contributed by atoms with Gasteiger partial charge in [0.25, 0.3) is 0 Å². The van der Waals surface area contributed by atoms with Crippen molar-refractivity contribution in [3.05, 3.63) is 48.0 Å². The number of benzene rings is 1. The third-order valence-corrected chi connectivity index (χ3v) is 2.12. The molecule has 3 nitrogen and oxygen atoms in total. The maximum atomic E-state index is 10.5. The number of carbonyl (C=O) groups excluding carboxylic acids is 1. The number of nitrogens with two attached hydrogens (primary N) is 1. The Balaban J connectivity index is 2.70. The van der Waals surface area contributed by atoms with Gasteiger partial charge in [-0.3, -0.25) is 0 Å². The van der Waals surface area contributed by atoms with Crippen molar-refractivity contribution in [1.29, 1.82) is 0 Å². The van der Waals surface area contributed by atoms with Gasteiger partial charge >= 0.3 is 6.09 Å². The van der Waals surface area contributed by atoms with Gasteiger partial charge in [0.05, 0.1) is 0 Å². The molecule has 80 valence electrons. The Hall–Kier alpha value is -1.77. The largest absolute Gasteiger partial charge is 0.442 e. The molecular weight excluding hydrogens is 190 g/mol. The predicted molar refractivity (Wildman–Crippen MR) is 59.4 cm³/mol. The van der Waals surface area contributed by atoms with Crippen LogP contribution in [0.15, 0.2) is 36.9 Å². The Morgan fingerprint density at radius 2 is 2.13 bits per heavy atom. The summed E-state index contributed by atoms with van der Waals surface area (Å²) in [7, 11) is 0. The third kappa shape index (κ3) is 3.46. The van der Waals surface area contributed by atoms with Crippen molar-refractivity contribution in [2.45, 2.75) is 19.4 Å². The topological polar surface area (TPSA) is 52.3 Å². The zero-order valence-corrected chi connectivity index (χ0v) is 8.77. The first-order chi connectivity index (χ1) is 7.13. The SMILES string of the molecule is C=CCc1ccc([C@H](C)OC(N)=O)cc1. The quantitative estimate of drug-likeness (QED) is 0.768. The number of rotatable bonds is 4. The number of allylic oxidation sites excluding steroid dienone is 1. The van der Waals surface area contributed by atoms with Gasteiger partial charge in [-0.2, -0.15) is 0 Å². The molecule has 0 heterocycles. The smallest absolute Gasteiger partial charge is 0.405 e. The summed E-state index contributed by atoms with van der Waals surface area (Å²) < 4.78 is 4.85. The van der Waals surface area contributed by atoms with Crippen molar-refractivity contribution in [2.75, 3.05) is 0 Å². The van der Waals surface area contributed by atoms with E-state index >= 15 is 0 Å². The fraction of sp³-hybridized carbons (Fsp3) is 0.250. The summed E-state index contributed by atoms with van der Waals surface area (Å²) in [5.74, 6) is 0. The summed E-state index contributed by atoms with van der Waals surface area (Å²) in [4.78, 5) is 10.5. The normalized spacial score (nSPS) is 11.8. The van der Waals surface area contributed by atoms with Crippen molar-refractivity contribution in [3.8, 4) is 0 Å². The van der Waals surface area contributed by atoms with Gasteiger partial charge < -0.3 is 10.5 Å². The molecule has 0 spiro atoms. The zero-order valence-electron chi connectivity index (χ0n) is 8.77. The van der Waals surface area contributed by atoms with Gasteiger partial charge in [-0.05, 0) is 24.5 Å². The van der Waals surface area contributed by atoms with Crippen molar-refractivity contribution in [3.63, 3.8) is 0 Å². The monoisotopic (exact) mass is 205 g/mol. The lowest BCUT2D eigenvalue weighted by atomic mass is 10.1.